The van der Waals surface area contributed by atoms with Gasteiger partial charge in [0.1, 0.15) is 11.5 Å². The van der Waals surface area contributed by atoms with E-state index < -0.39 is 5.97 Å². The number of hydrogen-bond donors (Lipinski definition) is 1. The predicted octanol–water partition coefficient (Wildman–Crippen LogP) is 1.83. The van der Waals surface area contributed by atoms with E-state index in [1.807, 2.05) is 6.07 Å². The van der Waals surface area contributed by atoms with Crippen molar-refractivity contribution < 1.29 is 14.3 Å². The third-order valence-electron chi connectivity index (χ3n) is 1.95. The molecule has 72 valence electrons. The van der Waals surface area contributed by atoms with Crippen LogP contribution in [0.1, 0.15) is 16.2 Å². The van der Waals surface area contributed by atoms with E-state index in [0.717, 1.165) is 5.76 Å². The van der Waals surface area contributed by atoms with E-state index in [1.165, 1.54) is 0 Å². The van der Waals surface area contributed by atoms with Crippen molar-refractivity contribution in [3.63, 3.8) is 0 Å². The number of aromatic nitrogens is 1. The van der Waals surface area contributed by atoms with Crippen LogP contribution in [0.2, 0.25) is 0 Å². The second kappa shape index (κ2) is 3.41. The first-order valence-corrected chi connectivity index (χ1v) is 4.18. The topological polar surface area (TPSA) is 55.4 Å². The summed E-state index contributed by atoms with van der Waals surface area (Å²) in [6.45, 7) is 0.446. The van der Waals surface area contributed by atoms with Crippen LogP contribution in [0.3, 0.4) is 0 Å². The van der Waals surface area contributed by atoms with Crippen molar-refractivity contribution in [2.75, 3.05) is 0 Å². The van der Waals surface area contributed by atoms with Gasteiger partial charge in [-0.05, 0) is 24.3 Å². The standard InChI is InChI=1S/C10H9NO3/c12-10(13)9-4-1-5-11(9)7-8-3-2-6-14-8/h1-6H,7H2,(H,12,13). The van der Waals surface area contributed by atoms with Crippen LogP contribution in [0, 0.1) is 0 Å². The Hall–Kier alpha value is -1.97. The summed E-state index contributed by atoms with van der Waals surface area (Å²) in [7, 11) is 0. The molecule has 0 radical (unpaired) electrons. The zero-order valence-electron chi connectivity index (χ0n) is 7.38. The molecular formula is C10H9NO3. The van der Waals surface area contributed by atoms with Crippen LogP contribution < -0.4 is 0 Å². The SMILES string of the molecule is O=C(O)c1cccn1Cc1ccco1. The molecule has 0 aliphatic carbocycles. The first-order valence-electron chi connectivity index (χ1n) is 4.18. The zero-order chi connectivity index (χ0) is 9.97. The summed E-state index contributed by atoms with van der Waals surface area (Å²) in [6, 6.07) is 6.85. The lowest BCUT2D eigenvalue weighted by Crippen LogP contribution is -2.07. The van der Waals surface area contributed by atoms with Crippen molar-refractivity contribution >= 4 is 5.97 Å². The Kier molecular flexibility index (Phi) is 2.10. The Morgan fingerprint density at radius 1 is 1.43 bits per heavy atom. The van der Waals surface area contributed by atoms with Gasteiger partial charge in [0, 0.05) is 6.20 Å². The quantitative estimate of drug-likeness (QED) is 0.805. The average molecular weight is 191 g/mol. The highest BCUT2D eigenvalue weighted by molar-refractivity contribution is 5.85. The summed E-state index contributed by atoms with van der Waals surface area (Å²) in [5.41, 5.74) is 0.265. The number of aromatic carboxylic acids is 1. The van der Waals surface area contributed by atoms with E-state index in [4.69, 9.17) is 9.52 Å². The first-order chi connectivity index (χ1) is 6.77. The highest BCUT2D eigenvalue weighted by Gasteiger charge is 2.09. The molecule has 4 heteroatoms. The summed E-state index contributed by atoms with van der Waals surface area (Å²) < 4.78 is 6.75. The van der Waals surface area contributed by atoms with E-state index in [2.05, 4.69) is 0 Å². The number of rotatable bonds is 3. The van der Waals surface area contributed by atoms with Crippen LogP contribution in [0.5, 0.6) is 0 Å². The largest absolute Gasteiger partial charge is 0.477 e. The van der Waals surface area contributed by atoms with Crippen molar-refractivity contribution in [3.8, 4) is 0 Å². The third kappa shape index (κ3) is 1.54. The Morgan fingerprint density at radius 3 is 2.93 bits per heavy atom. The van der Waals surface area contributed by atoms with Gasteiger partial charge in [0.25, 0.3) is 0 Å². The maximum Gasteiger partial charge on any atom is 0.352 e. The van der Waals surface area contributed by atoms with Crippen LogP contribution in [0.25, 0.3) is 0 Å². The van der Waals surface area contributed by atoms with Gasteiger partial charge in [0.15, 0.2) is 0 Å². The monoisotopic (exact) mass is 191 g/mol. The number of carboxylic acids is 1. The second-order valence-corrected chi connectivity index (χ2v) is 2.91. The molecule has 14 heavy (non-hydrogen) atoms. The van der Waals surface area contributed by atoms with Crippen LogP contribution in [-0.2, 0) is 6.54 Å². The van der Waals surface area contributed by atoms with Crippen LogP contribution in [-0.4, -0.2) is 15.6 Å². The van der Waals surface area contributed by atoms with Gasteiger partial charge < -0.3 is 14.1 Å². The van der Waals surface area contributed by atoms with Gasteiger partial charge in [-0.2, -0.15) is 0 Å². The van der Waals surface area contributed by atoms with Gasteiger partial charge in [-0.1, -0.05) is 0 Å². The highest BCUT2D eigenvalue weighted by atomic mass is 16.4. The Balaban J connectivity index is 2.25. The molecular weight excluding hydrogens is 182 g/mol. The normalized spacial score (nSPS) is 10.3. The molecule has 0 saturated carbocycles. The molecule has 2 heterocycles. The van der Waals surface area contributed by atoms with E-state index in [-0.39, 0.29) is 5.69 Å². The molecule has 0 aliphatic heterocycles. The molecule has 0 aliphatic rings. The highest BCUT2D eigenvalue weighted by Crippen LogP contribution is 2.08. The molecule has 0 spiro atoms. The summed E-state index contributed by atoms with van der Waals surface area (Å²) in [5, 5.41) is 8.83. The average Bonchev–Trinajstić information content (AvgIpc) is 2.75. The van der Waals surface area contributed by atoms with Gasteiger partial charge in [-0.3, -0.25) is 0 Å². The molecule has 0 atom stereocenters. The van der Waals surface area contributed by atoms with Crippen LogP contribution >= 0.6 is 0 Å². The zero-order valence-corrected chi connectivity index (χ0v) is 7.38. The predicted molar refractivity (Wildman–Crippen MR) is 49.2 cm³/mol. The first kappa shape index (κ1) is 8.62. The number of nitrogens with zero attached hydrogens (tertiary/aromatic N) is 1. The maximum atomic E-state index is 10.8. The minimum Gasteiger partial charge on any atom is -0.477 e. The van der Waals surface area contributed by atoms with Crippen molar-refractivity contribution in [2.24, 2.45) is 0 Å². The van der Waals surface area contributed by atoms with Crippen molar-refractivity contribution in [1.82, 2.24) is 4.57 Å². The van der Waals surface area contributed by atoms with Gasteiger partial charge in [0.2, 0.25) is 0 Å². The summed E-state index contributed by atoms with van der Waals surface area (Å²) in [4.78, 5) is 10.8. The molecule has 0 amide bonds. The second-order valence-electron chi connectivity index (χ2n) is 2.91. The number of furan rings is 1. The Bertz CT molecular complexity index is 428. The lowest BCUT2D eigenvalue weighted by molar-refractivity contribution is 0.0685. The molecule has 2 rings (SSSR count). The maximum absolute atomic E-state index is 10.8. The Labute approximate surface area is 80.4 Å². The summed E-state index contributed by atoms with van der Waals surface area (Å²) in [5.74, 6) is -0.190. The van der Waals surface area contributed by atoms with Crippen LogP contribution in [0.15, 0.2) is 41.1 Å². The molecule has 2 aromatic heterocycles. The van der Waals surface area contributed by atoms with Crippen molar-refractivity contribution in [2.45, 2.75) is 6.54 Å². The van der Waals surface area contributed by atoms with Crippen LogP contribution in [0.4, 0.5) is 0 Å². The van der Waals surface area contributed by atoms with Crippen molar-refractivity contribution in [1.29, 1.82) is 0 Å². The van der Waals surface area contributed by atoms with Gasteiger partial charge in [-0.25, -0.2) is 4.79 Å². The lowest BCUT2D eigenvalue weighted by atomic mass is 10.4. The fourth-order valence-corrected chi connectivity index (χ4v) is 1.32. The molecule has 0 unspecified atom stereocenters. The molecule has 0 saturated heterocycles. The summed E-state index contributed by atoms with van der Waals surface area (Å²) in [6.07, 6.45) is 3.28. The Morgan fingerprint density at radius 2 is 2.29 bits per heavy atom. The minimum absolute atomic E-state index is 0.265. The molecule has 0 aromatic carbocycles. The lowest BCUT2D eigenvalue weighted by Gasteiger charge is -2.02. The van der Waals surface area contributed by atoms with Gasteiger partial charge in [-0.15, -0.1) is 0 Å². The minimum atomic E-state index is -0.929. The summed E-state index contributed by atoms with van der Waals surface area (Å²) >= 11 is 0. The van der Waals surface area contributed by atoms with E-state index in [0.29, 0.717) is 6.54 Å². The molecule has 2 aromatic rings. The molecule has 0 bridgehead atoms. The smallest absolute Gasteiger partial charge is 0.352 e. The molecule has 0 fully saturated rings. The molecule has 1 N–H and O–H groups in total. The molecule has 4 nitrogen and oxygen atoms in total. The number of hydrogen-bond acceptors (Lipinski definition) is 2. The van der Waals surface area contributed by atoms with Gasteiger partial charge in [0.05, 0.1) is 12.8 Å². The van der Waals surface area contributed by atoms with Gasteiger partial charge >= 0.3 is 5.97 Å². The third-order valence-corrected chi connectivity index (χ3v) is 1.95. The van der Waals surface area contributed by atoms with E-state index >= 15 is 0 Å². The van der Waals surface area contributed by atoms with E-state index in [1.54, 1.807) is 35.2 Å². The fraction of sp³-hybridized carbons (Fsp3) is 0.100. The number of carbonyl (C=O) groups is 1. The number of carboxylic acid groups (broad SMARTS) is 1. The fourth-order valence-electron chi connectivity index (χ4n) is 1.32. The van der Waals surface area contributed by atoms with Crippen molar-refractivity contribution in [3.05, 3.63) is 48.2 Å². The van der Waals surface area contributed by atoms with E-state index in [9.17, 15) is 4.79 Å².